The monoisotopic (exact) mass is 315 g/mol. The number of benzene rings is 1. The summed E-state index contributed by atoms with van der Waals surface area (Å²) in [5.74, 6) is -2.88. The van der Waals surface area contributed by atoms with Crippen molar-refractivity contribution in [2.45, 2.75) is 26.7 Å². The van der Waals surface area contributed by atoms with Crippen LogP contribution in [0.4, 0.5) is 0 Å². The minimum Gasteiger partial charge on any atom is -0.481 e. The van der Waals surface area contributed by atoms with Crippen LogP contribution >= 0.6 is 0 Å². The number of hydrogen-bond acceptors (Lipinski definition) is 3. The quantitative estimate of drug-likeness (QED) is 0.646. The van der Waals surface area contributed by atoms with Crippen LogP contribution in [0, 0.1) is 11.8 Å². The molecule has 2 atom stereocenters. The van der Waals surface area contributed by atoms with Crippen LogP contribution in [0.2, 0.25) is 0 Å². The van der Waals surface area contributed by atoms with Crippen molar-refractivity contribution >= 4 is 17.7 Å². The molecule has 1 aromatic carbocycles. The third-order valence-electron chi connectivity index (χ3n) is 4.44. The molecule has 0 saturated carbocycles. The van der Waals surface area contributed by atoms with Crippen LogP contribution in [-0.4, -0.2) is 29.3 Å². The first-order valence-corrected chi connectivity index (χ1v) is 7.64. The second kappa shape index (κ2) is 7.22. The summed E-state index contributed by atoms with van der Waals surface area (Å²) in [6.45, 7) is 3.70. The summed E-state index contributed by atoms with van der Waals surface area (Å²) in [5.41, 5.74) is 2.61. The van der Waals surface area contributed by atoms with Gasteiger partial charge in [-0.05, 0) is 26.7 Å². The van der Waals surface area contributed by atoms with E-state index in [1.807, 2.05) is 19.9 Å². The van der Waals surface area contributed by atoms with Gasteiger partial charge in [0, 0.05) is 5.56 Å². The number of carboxylic acids is 1. The molecule has 122 valence electrons. The molecule has 5 heteroatoms. The Kier molecular flexibility index (Phi) is 5.32. The third-order valence-corrected chi connectivity index (χ3v) is 4.44. The molecule has 23 heavy (non-hydrogen) atoms. The molecule has 0 aromatic heterocycles. The molecule has 1 aliphatic carbocycles. The number of ketones is 1. The van der Waals surface area contributed by atoms with Gasteiger partial charge in [-0.2, -0.15) is 0 Å². The van der Waals surface area contributed by atoms with E-state index in [2.05, 4.69) is 5.32 Å². The van der Waals surface area contributed by atoms with Crippen LogP contribution in [0.15, 0.2) is 41.5 Å². The van der Waals surface area contributed by atoms with Crippen molar-refractivity contribution in [3.63, 3.8) is 0 Å². The predicted molar refractivity (Wildman–Crippen MR) is 86.0 cm³/mol. The number of hydrogen-bond donors (Lipinski definition) is 2. The summed E-state index contributed by atoms with van der Waals surface area (Å²) >= 11 is 0. The maximum atomic E-state index is 12.4. The van der Waals surface area contributed by atoms with Crippen LogP contribution in [0.3, 0.4) is 0 Å². The molecule has 5 nitrogen and oxygen atoms in total. The van der Waals surface area contributed by atoms with Crippen LogP contribution < -0.4 is 5.32 Å². The highest BCUT2D eigenvalue weighted by molar-refractivity contribution is 5.99. The number of carbonyl (C=O) groups excluding carboxylic acids is 2. The molecular formula is C18H21NO4. The van der Waals surface area contributed by atoms with Gasteiger partial charge in [-0.15, -0.1) is 0 Å². The highest BCUT2D eigenvalue weighted by atomic mass is 16.4. The molecule has 0 saturated heterocycles. The fourth-order valence-electron chi connectivity index (χ4n) is 2.85. The first-order valence-electron chi connectivity index (χ1n) is 7.64. The van der Waals surface area contributed by atoms with Gasteiger partial charge >= 0.3 is 5.97 Å². The average Bonchev–Trinajstić information content (AvgIpc) is 2.55. The Morgan fingerprint density at radius 3 is 2.17 bits per heavy atom. The standard InChI is InChI=1S/C18H21NO4/c1-11-8-14(15(18(22)23)9-12(11)2)17(21)19-10-16(20)13-6-4-3-5-7-13/h3-7,14-15H,8-10H2,1-2H3,(H,19,21)(H,22,23)/t14-,15+/m1/s1. The van der Waals surface area contributed by atoms with Gasteiger partial charge in [0.25, 0.3) is 0 Å². The molecule has 0 radical (unpaired) electrons. The van der Waals surface area contributed by atoms with E-state index in [1.54, 1.807) is 24.3 Å². The Morgan fingerprint density at radius 1 is 1.04 bits per heavy atom. The van der Waals surface area contributed by atoms with Gasteiger partial charge < -0.3 is 10.4 Å². The molecule has 2 rings (SSSR count). The molecule has 0 spiro atoms. The first kappa shape index (κ1) is 16.9. The molecule has 0 heterocycles. The zero-order valence-electron chi connectivity index (χ0n) is 13.3. The number of allylic oxidation sites excluding steroid dienone is 2. The molecule has 1 aliphatic rings. The summed E-state index contributed by atoms with van der Waals surface area (Å²) in [7, 11) is 0. The van der Waals surface area contributed by atoms with Gasteiger partial charge in [-0.3, -0.25) is 14.4 Å². The second-order valence-corrected chi connectivity index (χ2v) is 6.03. The molecule has 1 amide bonds. The van der Waals surface area contributed by atoms with Crippen molar-refractivity contribution in [2.24, 2.45) is 11.8 Å². The lowest BCUT2D eigenvalue weighted by atomic mass is 9.76. The zero-order valence-corrected chi connectivity index (χ0v) is 13.3. The van der Waals surface area contributed by atoms with Crippen molar-refractivity contribution < 1.29 is 19.5 Å². The third kappa shape index (κ3) is 4.06. The number of carboxylic acid groups (broad SMARTS) is 1. The largest absolute Gasteiger partial charge is 0.481 e. The molecule has 0 unspecified atom stereocenters. The fraction of sp³-hybridized carbons (Fsp3) is 0.389. The highest BCUT2D eigenvalue weighted by Crippen LogP contribution is 2.34. The van der Waals surface area contributed by atoms with Crippen molar-refractivity contribution in [3.05, 3.63) is 47.0 Å². The maximum absolute atomic E-state index is 12.4. The lowest BCUT2D eigenvalue weighted by molar-refractivity contribution is -0.147. The van der Waals surface area contributed by atoms with E-state index in [0.717, 1.165) is 11.1 Å². The molecular weight excluding hydrogens is 294 g/mol. The fourth-order valence-corrected chi connectivity index (χ4v) is 2.85. The van der Waals surface area contributed by atoms with Crippen LogP contribution in [0.1, 0.15) is 37.0 Å². The topological polar surface area (TPSA) is 83.5 Å². The van der Waals surface area contributed by atoms with E-state index in [-0.39, 0.29) is 18.2 Å². The van der Waals surface area contributed by atoms with Crippen LogP contribution in [0.25, 0.3) is 0 Å². The van der Waals surface area contributed by atoms with Crippen LogP contribution in [0.5, 0.6) is 0 Å². The smallest absolute Gasteiger partial charge is 0.307 e. The summed E-state index contributed by atoms with van der Waals surface area (Å²) in [6, 6.07) is 8.70. The Labute approximate surface area is 135 Å². The summed E-state index contributed by atoms with van der Waals surface area (Å²) in [5, 5.41) is 11.9. The Balaban J connectivity index is 2.02. The Bertz CT molecular complexity index is 648. The lowest BCUT2D eigenvalue weighted by Crippen LogP contribution is -2.41. The number of rotatable bonds is 5. The first-order chi connectivity index (χ1) is 10.9. The minimum absolute atomic E-state index is 0.118. The van der Waals surface area contributed by atoms with Crippen molar-refractivity contribution in [3.8, 4) is 0 Å². The summed E-state index contributed by atoms with van der Waals surface area (Å²) in [6.07, 6.45) is 0.806. The number of nitrogens with one attached hydrogen (secondary N) is 1. The Morgan fingerprint density at radius 2 is 1.61 bits per heavy atom. The maximum Gasteiger partial charge on any atom is 0.307 e. The molecule has 2 N–H and O–H groups in total. The average molecular weight is 315 g/mol. The molecule has 0 aliphatic heterocycles. The van der Waals surface area contributed by atoms with E-state index in [4.69, 9.17) is 0 Å². The van der Waals surface area contributed by atoms with Gasteiger partial charge in [-0.1, -0.05) is 41.5 Å². The number of Topliss-reactive ketones (excluding diaryl/α,β-unsaturated/α-hetero) is 1. The molecule has 0 bridgehead atoms. The normalized spacial score (nSPS) is 21.0. The van der Waals surface area contributed by atoms with E-state index < -0.39 is 17.8 Å². The Hall–Kier alpha value is -2.43. The SMILES string of the molecule is CC1=C(C)C[C@@H](C(=O)NCC(=O)c2ccccc2)[C@@H](C(=O)O)C1. The van der Waals surface area contributed by atoms with Gasteiger partial charge in [0.1, 0.15) is 0 Å². The van der Waals surface area contributed by atoms with E-state index in [1.165, 1.54) is 0 Å². The number of carbonyl (C=O) groups is 3. The van der Waals surface area contributed by atoms with Crippen molar-refractivity contribution in [1.29, 1.82) is 0 Å². The summed E-state index contributed by atoms with van der Waals surface area (Å²) < 4.78 is 0. The molecule has 1 aromatic rings. The van der Waals surface area contributed by atoms with Gasteiger partial charge in [-0.25, -0.2) is 0 Å². The van der Waals surface area contributed by atoms with Gasteiger partial charge in [0.2, 0.25) is 5.91 Å². The van der Waals surface area contributed by atoms with Crippen LogP contribution in [-0.2, 0) is 9.59 Å². The van der Waals surface area contributed by atoms with E-state index in [9.17, 15) is 19.5 Å². The molecule has 0 fully saturated rings. The minimum atomic E-state index is -0.966. The lowest BCUT2D eigenvalue weighted by Gasteiger charge is -2.29. The summed E-state index contributed by atoms with van der Waals surface area (Å²) in [4.78, 5) is 35.8. The van der Waals surface area contributed by atoms with E-state index >= 15 is 0 Å². The predicted octanol–water partition coefficient (Wildman–Crippen LogP) is 2.43. The number of amides is 1. The van der Waals surface area contributed by atoms with E-state index in [0.29, 0.717) is 18.4 Å². The zero-order chi connectivity index (χ0) is 17.0. The number of aliphatic carboxylic acids is 1. The van der Waals surface area contributed by atoms with Crippen molar-refractivity contribution in [2.75, 3.05) is 6.54 Å². The van der Waals surface area contributed by atoms with Gasteiger partial charge in [0.05, 0.1) is 18.4 Å². The van der Waals surface area contributed by atoms with Gasteiger partial charge in [0.15, 0.2) is 5.78 Å². The van der Waals surface area contributed by atoms with Crippen molar-refractivity contribution in [1.82, 2.24) is 5.32 Å². The second-order valence-electron chi connectivity index (χ2n) is 6.03. The highest BCUT2D eigenvalue weighted by Gasteiger charge is 2.37.